The van der Waals surface area contributed by atoms with Crippen LogP contribution >= 0.6 is 0 Å². The minimum atomic E-state index is -0.416. The van der Waals surface area contributed by atoms with Crippen molar-refractivity contribution < 1.29 is 9.53 Å². The molecule has 2 heterocycles. The van der Waals surface area contributed by atoms with Gasteiger partial charge in [0, 0.05) is 19.7 Å². The number of carbonyl (C=O) groups is 1. The number of hydrogen-bond donors (Lipinski definition) is 0. The van der Waals surface area contributed by atoms with Gasteiger partial charge in [-0.1, -0.05) is 12.1 Å². The van der Waals surface area contributed by atoms with Gasteiger partial charge in [0.05, 0.1) is 41.0 Å². The number of aryl methyl sites for hydroxylation is 2. The van der Waals surface area contributed by atoms with Crippen molar-refractivity contribution in [3.63, 3.8) is 0 Å². The van der Waals surface area contributed by atoms with Crippen molar-refractivity contribution in [2.24, 2.45) is 7.05 Å². The van der Waals surface area contributed by atoms with Crippen molar-refractivity contribution >= 4 is 27.9 Å². The zero-order chi connectivity index (χ0) is 18.1. The summed E-state index contributed by atoms with van der Waals surface area (Å²) in [6.07, 6.45) is 3.23. The molecule has 2 aromatic heterocycles. The van der Waals surface area contributed by atoms with Crippen LogP contribution in [0.5, 0.6) is 5.75 Å². The van der Waals surface area contributed by atoms with Crippen LogP contribution in [0.2, 0.25) is 0 Å². The monoisotopic (exact) mass is 348 g/mol. The van der Waals surface area contributed by atoms with E-state index >= 15 is 0 Å². The molecule has 4 rings (SSSR count). The Bertz CT molecular complexity index is 1180. The Labute approximate surface area is 148 Å². The lowest BCUT2D eigenvalue weighted by molar-refractivity contribution is -0.134. The van der Waals surface area contributed by atoms with Gasteiger partial charge in [-0.05, 0) is 24.3 Å². The van der Waals surface area contributed by atoms with E-state index in [1.165, 1.54) is 10.9 Å². The summed E-state index contributed by atoms with van der Waals surface area (Å²) < 4.78 is 8.67. The number of aromatic nitrogens is 4. The number of hydrogen-bond acceptors (Lipinski definition) is 5. The number of ether oxygens (including phenoxy) is 1. The summed E-state index contributed by atoms with van der Waals surface area (Å²) in [5.41, 5.74) is 2.18. The number of esters is 1. The average molecular weight is 348 g/mol. The highest BCUT2D eigenvalue weighted by molar-refractivity contribution is 5.79. The maximum atomic E-state index is 12.4. The molecule has 26 heavy (non-hydrogen) atoms. The molecular formula is C19H16N4O3. The maximum absolute atomic E-state index is 12.4. The lowest BCUT2D eigenvalue weighted by Gasteiger charge is -2.07. The third-order valence-corrected chi connectivity index (χ3v) is 4.22. The number of benzene rings is 2. The van der Waals surface area contributed by atoms with Crippen molar-refractivity contribution in [3.8, 4) is 5.75 Å². The van der Waals surface area contributed by atoms with E-state index in [0.29, 0.717) is 16.7 Å². The number of para-hydroxylation sites is 1. The van der Waals surface area contributed by atoms with Crippen LogP contribution in [0.25, 0.3) is 21.9 Å². The molecule has 0 amide bonds. The van der Waals surface area contributed by atoms with Gasteiger partial charge in [-0.3, -0.25) is 14.2 Å². The highest BCUT2D eigenvalue weighted by Gasteiger charge is 2.09. The molecule has 7 nitrogen and oxygen atoms in total. The Balaban J connectivity index is 1.46. The molecule has 0 spiro atoms. The second kappa shape index (κ2) is 6.44. The number of carbonyl (C=O) groups excluding carboxylic acids is 1. The van der Waals surface area contributed by atoms with E-state index in [1.54, 1.807) is 36.7 Å². The van der Waals surface area contributed by atoms with Gasteiger partial charge >= 0.3 is 5.97 Å². The number of rotatable bonds is 4. The molecule has 4 aromatic rings. The van der Waals surface area contributed by atoms with Gasteiger partial charge in [-0.2, -0.15) is 0 Å². The SMILES string of the molecule is Cn1cnc2cc(OC(=O)CCn3cnc4ccccc4c3=O)ccc21. The van der Waals surface area contributed by atoms with Crippen LogP contribution in [-0.4, -0.2) is 25.1 Å². The number of nitrogens with zero attached hydrogens (tertiary/aromatic N) is 4. The van der Waals surface area contributed by atoms with Crippen LogP contribution in [0.4, 0.5) is 0 Å². The smallest absolute Gasteiger partial charge is 0.312 e. The fourth-order valence-corrected chi connectivity index (χ4v) is 2.84. The predicted octanol–water partition coefficient (Wildman–Crippen LogP) is 2.28. The van der Waals surface area contributed by atoms with Crippen molar-refractivity contribution in [2.75, 3.05) is 0 Å². The third-order valence-electron chi connectivity index (χ3n) is 4.22. The first-order valence-corrected chi connectivity index (χ1v) is 8.18. The van der Waals surface area contributed by atoms with E-state index in [4.69, 9.17) is 4.74 Å². The first kappa shape index (κ1) is 16.0. The summed E-state index contributed by atoms with van der Waals surface area (Å²) in [5.74, 6) is 0.0190. The van der Waals surface area contributed by atoms with Gasteiger partial charge < -0.3 is 9.30 Å². The highest BCUT2D eigenvalue weighted by Crippen LogP contribution is 2.19. The first-order valence-electron chi connectivity index (χ1n) is 8.18. The van der Waals surface area contributed by atoms with E-state index in [1.807, 2.05) is 23.7 Å². The van der Waals surface area contributed by atoms with Crippen molar-refractivity contribution in [3.05, 3.63) is 65.5 Å². The highest BCUT2D eigenvalue weighted by atomic mass is 16.5. The molecular weight excluding hydrogens is 332 g/mol. The minimum Gasteiger partial charge on any atom is -0.426 e. The van der Waals surface area contributed by atoms with Gasteiger partial charge in [-0.25, -0.2) is 9.97 Å². The zero-order valence-corrected chi connectivity index (χ0v) is 14.1. The first-order chi connectivity index (χ1) is 12.6. The Morgan fingerprint density at radius 2 is 1.88 bits per heavy atom. The van der Waals surface area contributed by atoms with Crippen LogP contribution < -0.4 is 10.3 Å². The normalized spacial score (nSPS) is 11.1. The fourth-order valence-electron chi connectivity index (χ4n) is 2.84. The van der Waals surface area contributed by atoms with Crippen LogP contribution in [0.1, 0.15) is 6.42 Å². The zero-order valence-electron chi connectivity index (χ0n) is 14.1. The fraction of sp³-hybridized carbons (Fsp3) is 0.158. The predicted molar refractivity (Wildman–Crippen MR) is 97.0 cm³/mol. The summed E-state index contributed by atoms with van der Waals surface area (Å²) in [4.78, 5) is 33.0. The molecule has 130 valence electrons. The summed E-state index contributed by atoms with van der Waals surface area (Å²) in [5, 5.41) is 0.531. The molecule has 7 heteroatoms. The van der Waals surface area contributed by atoms with Crippen LogP contribution in [0.15, 0.2) is 59.9 Å². The van der Waals surface area contributed by atoms with Gasteiger partial charge in [0.15, 0.2) is 0 Å². The summed E-state index contributed by atoms with van der Waals surface area (Å²) in [6.45, 7) is 0.210. The molecule has 0 aliphatic rings. The molecule has 0 N–H and O–H groups in total. The quantitative estimate of drug-likeness (QED) is 0.418. The Morgan fingerprint density at radius 1 is 1.08 bits per heavy atom. The van der Waals surface area contributed by atoms with E-state index in [2.05, 4.69) is 9.97 Å². The van der Waals surface area contributed by atoms with Crippen molar-refractivity contribution in [2.45, 2.75) is 13.0 Å². The Morgan fingerprint density at radius 3 is 2.77 bits per heavy atom. The minimum absolute atomic E-state index is 0.0696. The molecule has 0 aliphatic carbocycles. The van der Waals surface area contributed by atoms with Crippen LogP contribution in [0, 0.1) is 0 Å². The molecule has 0 aliphatic heterocycles. The lowest BCUT2D eigenvalue weighted by Crippen LogP contribution is -2.23. The molecule has 0 saturated heterocycles. The third kappa shape index (κ3) is 2.95. The van der Waals surface area contributed by atoms with Gasteiger partial charge in [0.2, 0.25) is 0 Å². The number of imidazole rings is 1. The molecule has 0 bridgehead atoms. The van der Waals surface area contributed by atoms with Crippen LogP contribution in [-0.2, 0) is 18.4 Å². The molecule has 0 unspecified atom stereocenters. The van der Waals surface area contributed by atoms with Crippen molar-refractivity contribution in [1.82, 2.24) is 19.1 Å². The topological polar surface area (TPSA) is 79.0 Å². The van der Waals surface area contributed by atoms with E-state index in [-0.39, 0.29) is 18.5 Å². The average Bonchev–Trinajstić information content (AvgIpc) is 3.02. The molecule has 0 fully saturated rings. The second-order valence-electron chi connectivity index (χ2n) is 5.99. The molecule has 0 atom stereocenters. The Hall–Kier alpha value is -3.48. The van der Waals surface area contributed by atoms with Gasteiger partial charge in [0.1, 0.15) is 5.75 Å². The molecule has 2 aromatic carbocycles. The van der Waals surface area contributed by atoms with Gasteiger partial charge in [0.25, 0.3) is 5.56 Å². The van der Waals surface area contributed by atoms with E-state index in [9.17, 15) is 9.59 Å². The standard InChI is InChI=1S/C19H16N4O3/c1-22-11-20-16-10-13(6-7-17(16)22)26-18(24)8-9-23-12-21-15-5-3-2-4-14(15)19(23)25/h2-7,10-12H,8-9H2,1H3. The maximum Gasteiger partial charge on any atom is 0.312 e. The lowest BCUT2D eigenvalue weighted by atomic mass is 10.2. The summed E-state index contributed by atoms with van der Waals surface area (Å²) >= 11 is 0. The van der Waals surface area contributed by atoms with Crippen molar-refractivity contribution in [1.29, 1.82) is 0 Å². The summed E-state index contributed by atoms with van der Waals surface area (Å²) in [7, 11) is 1.90. The van der Waals surface area contributed by atoms with Crippen LogP contribution in [0.3, 0.4) is 0 Å². The molecule has 0 saturated carbocycles. The Kier molecular flexibility index (Phi) is 3.96. The van der Waals surface area contributed by atoms with Gasteiger partial charge in [-0.15, -0.1) is 0 Å². The van der Waals surface area contributed by atoms with E-state index in [0.717, 1.165) is 11.0 Å². The molecule has 0 radical (unpaired) electrons. The van der Waals surface area contributed by atoms with E-state index < -0.39 is 5.97 Å². The summed E-state index contributed by atoms with van der Waals surface area (Å²) in [6, 6.07) is 12.4. The number of fused-ring (bicyclic) bond motifs is 2. The largest absolute Gasteiger partial charge is 0.426 e. The second-order valence-corrected chi connectivity index (χ2v) is 5.99.